The highest BCUT2D eigenvalue weighted by atomic mass is 35.5. The SMILES string of the molecule is COc1ccc(C(=O)Nc2c(Cl)cncc2Cl)c2c3c(n(Cc4ccccc4)c12)CCNC3. The van der Waals surface area contributed by atoms with Gasteiger partial charge in [0.1, 0.15) is 5.75 Å². The highest BCUT2D eigenvalue weighted by Crippen LogP contribution is 2.38. The molecule has 0 saturated carbocycles. The molecule has 0 aliphatic carbocycles. The van der Waals surface area contributed by atoms with Gasteiger partial charge >= 0.3 is 0 Å². The Bertz CT molecular complexity index is 1330. The van der Waals surface area contributed by atoms with E-state index in [9.17, 15) is 4.79 Å². The minimum absolute atomic E-state index is 0.283. The maximum atomic E-state index is 13.5. The van der Waals surface area contributed by atoms with Crippen LogP contribution in [0.2, 0.25) is 10.0 Å². The van der Waals surface area contributed by atoms with Gasteiger partial charge in [0, 0.05) is 55.1 Å². The Balaban J connectivity index is 1.69. The number of hydrogen-bond donors (Lipinski definition) is 2. The van der Waals surface area contributed by atoms with Gasteiger partial charge in [-0.2, -0.15) is 0 Å². The minimum atomic E-state index is -0.289. The molecule has 6 nitrogen and oxygen atoms in total. The van der Waals surface area contributed by atoms with Crippen LogP contribution >= 0.6 is 23.2 Å². The number of hydrogen-bond acceptors (Lipinski definition) is 4. The van der Waals surface area contributed by atoms with Crippen LogP contribution in [0.1, 0.15) is 27.2 Å². The molecule has 0 radical (unpaired) electrons. The fraction of sp³-hybridized carbons (Fsp3) is 0.200. The van der Waals surface area contributed by atoms with E-state index in [1.807, 2.05) is 24.3 Å². The van der Waals surface area contributed by atoms with Crippen molar-refractivity contribution in [2.45, 2.75) is 19.5 Å². The van der Waals surface area contributed by atoms with Gasteiger partial charge in [0.05, 0.1) is 28.4 Å². The molecule has 0 bridgehead atoms. The fourth-order valence-corrected chi connectivity index (χ4v) is 4.95. The van der Waals surface area contributed by atoms with Crippen LogP contribution in [0.25, 0.3) is 10.9 Å². The zero-order valence-electron chi connectivity index (χ0n) is 18.0. The van der Waals surface area contributed by atoms with Crippen LogP contribution in [0.4, 0.5) is 5.69 Å². The molecule has 33 heavy (non-hydrogen) atoms. The van der Waals surface area contributed by atoms with Crippen LogP contribution in [0, 0.1) is 0 Å². The molecule has 168 valence electrons. The van der Waals surface area contributed by atoms with Crippen molar-refractivity contribution in [3.8, 4) is 5.75 Å². The Kier molecular flexibility index (Phi) is 5.98. The van der Waals surface area contributed by atoms with Crippen LogP contribution in [0.5, 0.6) is 5.75 Å². The Hall–Kier alpha value is -3.06. The fourth-order valence-electron chi connectivity index (χ4n) is 4.49. The first-order chi connectivity index (χ1) is 16.1. The second-order valence-corrected chi connectivity index (χ2v) is 8.71. The Morgan fingerprint density at radius 1 is 1.15 bits per heavy atom. The third-order valence-corrected chi connectivity index (χ3v) is 6.54. The van der Waals surface area contributed by atoms with Crippen molar-refractivity contribution in [1.29, 1.82) is 0 Å². The maximum absolute atomic E-state index is 13.5. The first-order valence-electron chi connectivity index (χ1n) is 10.6. The van der Waals surface area contributed by atoms with E-state index in [1.54, 1.807) is 13.2 Å². The third-order valence-electron chi connectivity index (χ3n) is 5.97. The molecule has 1 aliphatic heterocycles. The largest absolute Gasteiger partial charge is 0.495 e. The molecule has 0 atom stereocenters. The number of carbonyl (C=O) groups is 1. The van der Waals surface area contributed by atoms with Crippen molar-refractivity contribution in [1.82, 2.24) is 14.9 Å². The molecular weight excluding hydrogens is 459 g/mol. The molecule has 5 rings (SSSR count). The first kappa shape index (κ1) is 21.8. The molecular formula is C25H22Cl2N4O2. The number of ether oxygens (including phenoxy) is 1. The number of anilines is 1. The number of pyridine rings is 1. The van der Waals surface area contributed by atoms with Crippen molar-refractivity contribution >= 4 is 45.7 Å². The number of nitrogens with one attached hydrogen (secondary N) is 2. The molecule has 0 saturated heterocycles. The summed E-state index contributed by atoms with van der Waals surface area (Å²) in [4.78, 5) is 17.4. The van der Waals surface area contributed by atoms with Gasteiger partial charge in [-0.3, -0.25) is 9.78 Å². The molecule has 3 heterocycles. The van der Waals surface area contributed by atoms with Crippen LogP contribution < -0.4 is 15.4 Å². The summed E-state index contributed by atoms with van der Waals surface area (Å²) in [6.07, 6.45) is 3.77. The van der Waals surface area contributed by atoms with E-state index in [2.05, 4.69) is 32.3 Å². The lowest BCUT2D eigenvalue weighted by Crippen LogP contribution is -2.25. The van der Waals surface area contributed by atoms with Crippen molar-refractivity contribution in [3.05, 3.63) is 87.3 Å². The number of nitrogens with zero attached hydrogens (tertiary/aromatic N) is 2. The van der Waals surface area contributed by atoms with Gasteiger partial charge in [-0.15, -0.1) is 0 Å². The Morgan fingerprint density at radius 3 is 2.64 bits per heavy atom. The third kappa shape index (κ3) is 3.95. The lowest BCUT2D eigenvalue weighted by Gasteiger charge is -2.17. The van der Waals surface area contributed by atoms with Crippen molar-refractivity contribution < 1.29 is 9.53 Å². The molecule has 4 aromatic rings. The maximum Gasteiger partial charge on any atom is 0.256 e. The summed E-state index contributed by atoms with van der Waals surface area (Å²) in [7, 11) is 1.65. The van der Waals surface area contributed by atoms with E-state index in [-0.39, 0.29) is 16.0 Å². The van der Waals surface area contributed by atoms with Crippen LogP contribution in [-0.2, 0) is 19.5 Å². The number of benzene rings is 2. The predicted octanol–water partition coefficient (Wildman–Crippen LogP) is 5.30. The van der Waals surface area contributed by atoms with Crippen molar-refractivity contribution in [2.75, 3.05) is 19.0 Å². The van der Waals surface area contributed by atoms with E-state index in [1.165, 1.54) is 23.7 Å². The zero-order valence-corrected chi connectivity index (χ0v) is 19.5. The van der Waals surface area contributed by atoms with E-state index < -0.39 is 0 Å². The molecule has 2 aromatic heterocycles. The van der Waals surface area contributed by atoms with Gasteiger partial charge in [0.15, 0.2) is 0 Å². The molecule has 1 aliphatic rings. The highest BCUT2D eigenvalue weighted by Gasteiger charge is 2.27. The summed E-state index contributed by atoms with van der Waals surface area (Å²) >= 11 is 12.5. The minimum Gasteiger partial charge on any atom is -0.495 e. The second-order valence-electron chi connectivity index (χ2n) is 7.90. The van der Waals surface area contributed by atoms with Crippen LogP contribution in [0.15, 0.2) is 54.9 Å². The lowest BCUT2D eigenvalue weighted by atomic mass is 10.0. The number of rotatable bonds is 5. The van der Waals surface area contributed by atoms with Gasteiger partial charge in [-0.05, 0) is 23.3 Å². The quantitative estimate of drug-likeness (QED) is 0.406. The van der Waals surface area contributed by atoms with Crippen LogP contribution in [-0.4, -0.2) is 29.1 Å². The van der Waals surface area contributed by atoms with Gasteiger partial charge in [0.25, 0.3) is 5.91 Å². The van der Waals surface area contributed by atoms with E-state index in [4.69, 9.17) is 27.9 Å². The Labute approximate surface area is 201 Å². The molecule has 0 spiro atoms. The monoisotopic (exact) mass is 480 g/mol. The predicted molar refractivity (Wildman–Crippen MR) is 132 cm³/mol. The number of carbonyl (C=O) groups excluding carboxylic acids is 1. The molecule has 1 amide bonds. The summed E-state index contributed by atoms with van der Waals surface area (Å²) in [5, 5.41) is 7.77. The molecule has 0 unspecified atom stereocenters. The molecule has 8 heteroatoms. The van der Waals surface area contributed by atoms with E-state index >= 15 is 0 Å². The smallest absolute Gasteiger partial charge is 0.256 e. The number of aromatic nitrogens is 2. The number of halogens is 2. The average Bonchev–Trinajstić information content (AvgIpc) is 3.16. The lowest BCUT2D eigenvalue weighted by molar-refractivity contribution is 0.102. The molecule has 2 N–H and O–H groups in total. The molecule has 2 aromatic carbocycles. The standard InChI is InChI=1S/C25H22Cl2N4O2/c1-33-21-8-7-16(25(32)30-23-18(26)12-29-13-19(23)27)22-17-11-28-10-9-20(17)31(24(21)22)14-15-5-3-2-4-6-15/h2-8,12-13,28H,9-11,14H2,1H3,(H,29,30,32). The molecule has 0 fully saturated rings. The zero-order chi connectivity index (χ0) is 22.9. The topological polar surface area (TPSA) is 68.2 Å². The summed E-state index contributed by atoms with van der Waals surface area (Å²) in [5.41, 5.74) is 5.31. The number of fused-ring (bicyclic) bond motifs is 3. The average molecular weight is 481 g/mol. The summed E-state index contributed by atoms with van der Waals surface area (Å²) < 4.78 is 8.03. The van der Waals surface area contributed by atoms with Crippen molar-refractivity contribution in [3.63, 3.8) is 0 Å². The Morgan fingerprint density at radius 2 is 1.91 bits per heavy atom. The second kappa shape index (κ2) is 9.06. The first-order valence-corrected chi connectivity index (χ1v) is 11.4. The summed E-state index contributed by atoms with van der Waals surface area (Å²) in [6, 6.07) is 13.9. The summed E-state index contributed by atoms with van der Waals surface area (Å²) in [6.45, 7) is 2.25. The van der Waals surface area contributed by atoms with Gasteiger partial charge in [0.2, 0.25) is 0 Å². The van der Waals surface area contributed by atoms with Crippen molar-refractivity contribution in [2.24, 2.45) is 0 Å². The van der Waals surface area contributed by atoms with Gasteiger partial charge in [-0.25, -0.2) is 0 Å². The van der Waals surface area contributed by atoms with E-state index in [0.29, 0.717) is 24.3 Å². The van der Waals surface area contributed by atoms with Gasteiger partial charge < -0.3 is 19.9 Å². The normalized spacial score (nSPS) is 13.1. The number of amides is 1. The van der Waals surface area contributed by atoms with Crippen LogP contribution in [0.3, 0.4) is 0 Å². The van der Waals surface area contributed by atoms with Gasteiger partial charge in [-0.1, -0.05) is 53.5 Å². The number of methoxy groups -OCH3 is 1. The van der Waals surface area contributed by atoms with E-state index in [0.717, 1.165) is 35.2 Å². The highest BCUT2D eigenvalue weighted by molar-refractivity contribution is 6.40. The summed E-state index contributed by atoms with van der Waals surface area (Å²) in [5.74, 6) is 0.440.